The molecule has 0 radical (unpaired) electrons. The number of hydrogen-bond donors (Lipinski definition) is 1. The first-order chi connectivity index (χ1) is 12.6. The van der Waals surface area contributed by atoms with Gasteiger partial charge in [0.05, 0.1) is 12.2 Å². The zero-order chi connectivity index (χ0) is 18.5. The van der Waals surface area contributed by atoms with Crippen LogP contribution in [0, 0.1) is 6.92 Å². The van der Waals surface area contributed by atoms with E-state index in [4.69, 9.17) is 9.26 Å². The molecule has 2 aromatic rings. The Morgan fingerprint density at radius 1 is 1.27 bits per heavy atom. The van der Waals surface area contributed by atoms with Crippen molar-refractivity contribution in [3.8, 4) is 0 Å². The van der Waals surface area contributed by atoms with Gasteiger partial charge in [0.25, 0.3) is 0 Å². The zero-order valence-corrected chi connectivity index (χ0v) is 14.8. The van der Waals surface area contributed by atoms with Gasteiger partial charge in [0.15, 0.2) is 5.82 Å². The number of nitrogens with zero attached hydrogens (tertiary/aromatic N) is 4. The van der Waals surface area contributed by atoms with E-state index in [2.05, 4.69) is 20.4 Å². The second-order valence-electron chi connectivity index (χ2n) is 5.85. The normalized spacial score (nSPS) is 14.2. The number of aryl methyl sites for hydroxylation is 1. The third-order valence-electron chi connectivity index (χ3n) is 4.01. The summed E-state index contributed by atoms with van der Waals surface area (Å²) in [4.78, 5) is 32.0. The highest BCUT2D eigenvalue weighted by molar-refractivity contribution is 5.89. The first-order valence-electron chi connectivity index (χ1n) is 8.44. The number of aromatic nitrogens is 2. The van der Waals surface area contributed by atoms with Crippen LogP contribution in [-0.4, -0.2) is 59.8 Å². The Bertz CT molecular complexity index is 766. The molecule has 1 fully saturated rings. The van der Waals surface area contributed by atoms with Gasteiger partial charge < -0.3 is 19.1 Å². The van der Waals surface area contributed by atoms with Gasteiger partial charge in [-0.3, -0.25) is 5.32 Å². The van der Waals surface area contributed by atoms with Crippen LogP contribution in [0.5, 0.6) is 0 Å². The van der Waals surface area contributed by atoms with Gasteiger partial charge in [-0.2, -0.15) is 0 Å². The van der Waals surface area contributed by atoms with Crippen LogP contribution < -0.4 is 10.2 Å². The van der Waals surface area contributed by atoms with Crippen molar-refractivity contribution in [2.24, 2.45) is 0 Å². The molecule has 3 heterocycles. The molecule has 0 bridgehead atoms. The van der Waals surface area contributed by atoms with Crippen LogP contribution in [0.1, 0.15) is 23.0 Å². The molecule has 0 unspecified atom stereocenters. The Hall–Kier alpha value is -3.10. The van der Waals surface area contributed by atoms with E-state index in [1.54, 1.807) is 36.9 Å². The number of pyridine rings is 1. The van der Waals surface area contributed by atoms with E-state index in [0.717, 1.165) is 5.82 Å². The van der Waals surface area contributed by atoms with Crippen LogP contribution in [-0.2, 0) is 4.74 Å². The Morgan fingerprint density at radius 3 is 2.62 bits per heavy atom. The third-order valence-corrected chi connectivity index (χ3v) is 4.01. The van der Waals surface area contributed by atoms with Gasteiger partial charge >= 0.3 is 12.0 Å². The summed E-state index contributed by atoms with van der Waals surface area (Å²) in [5.41, 5.74) is 0.427. The summed E-state index contributed by atoms with van der Waals surface area (Å²) in [6.45, 7) is 6.28. The molecule has 0 saturated carbocycles. The molecule has 0 aliphatic carbocycles. The molecule has 138 valence electrons. The molecule has 1 aliphatic rings. The number of carbonyl (C=O) groups excluding carboxylic acids is 2. The summed E-state index contributed by atoms with van der Waals surface area (Å²) in [5.74, 6) is 1.44. The Morgan fingerprint density at radius 2 is 2.04 bits per heavy atom. The fraction of sp³-hybridized carbons (Fsp3) is 0.412. The maximum absolute atomic E-state index is 12.2. The SMILES string of the molecule is CCOC(=O)c1ccc(N2CCN(C(=O)Nc3cc(C)on3)CC2)nc1. The van der Waals surface area contributed by atoms with Crippen molar-refractivity contribution in [2.75, 3.05) is 43.0 Å². The first kappa shape index (κ1) is 17.7. The summed E-state index contributed by atoms with van der Waals surface area (Å²) in [6, 6.07) is 4.96. The van der Waals surface area contributed by atoms with Crippen LogP contribution in [0.15, 0.2) is 28.9 Å². The highest BCUT2D eigenvalue weighted by Crippen LogP contribution is 2.15. The number of esters is 1. The molecule has 9 nitrogen and oxygen atoms in total. The molecular weight excluding hydrogens is 338 g/mol. The topological polar surface area (TPSA) is 101 Å². The molecule has 0 aromatic carbocycles. The van der Waals surface area contributed by atoms with Gasteiger partial charge in [-0.25, -0.2) is 14.6 Å². The van der Waals surface area contributed by atoms with Crippen LogP contribution in [0.2, 0.25) is 0 Å². The van der Waals surface area contributed by atoms with Crippen LogP contribution in [0.25, 0.3) is 0 Å². The van der Waals surface area contributed by atoms with Crippen molar-refractivity contribution in [3.05, 3.63) is 35.7 Å². The second kappa shape index (κ2) is 7.85. The average molecular weight is 359 g/mol. The fourth-order valence-corrected chi connectivity index (χ4v) is 2.66. The predicted octanol–water partition coefficient (Wildman–Crippen LogP) is 1.91. The predicted molar refractivity (Wildman–Crippen MR) is 94.2 cm³/mol. The second-order valence-corrected chi connectivity index (χ2v) is 5.85. The van der Waals surface area contributed by atoms with Crippen molar-refractivity contribution in [2.45, 2.75) is 13.8 Å². The number of rotatable bonds is 4. The summed E-state index contributed by atoms with van der Waals surface area (Å²) >= 11 is 0. The lowest BCUT2D eigenvalue weighted by molar-refractivity contribution is 0.0526. The molecule has 1 N–H and O–H groups in total. The van der Waals surface area contributed by atoms with E-state index < -0.39 is 0 Å². The smallest absolute Gasteiger partial charge is 0.339 e. The first-order valence-corrected chi connectivity index (χ1v) is 8.44. The van der Waals surface area contributed by atoms with E-state index in [9.17, 15) is 9.59 Å². The van der Waals surface area contributed by atoms with Gasteiger partial charge in [0.2, 0.25) is 0 Å². The number of ether oxygens (including phenoxy) is 1. The summed E-state index contributed by atoms with van der Waals surface area (Å²) in [7, 11) is 0. The molecular formula is C17H21N5O4. The van der Waals surface area contributed by atoms with Crippen molar-refractivity contribution in [1.29, 1.82) is 0 Å². The number of anilines is 2. The maximum atomic E-state index is 12.2. The van der Waals surface area contributed by atoms with E-state index in [-0.39, 0.29) is 12.0 Å². The molecule has 0 atom stereocenters. The fourth-order valence-electron chi connectivity index (χ4n) is 2.66. The number of urea groups is 1. The standard InChI is InChI=1S/C17H21N5O4/c1-3-25-16(23)13-4-5-15(18-11-13)21-6-8-22(9-7-21)17(24)19-14-10-12(2)26-20-14/h4-5,10-11H,3,6-9H2,1-2H3,(H,19,20,24). The Labute approximate surface area is 150 Å². The highest BCUT2D eigenvalue weighted by atomic mass is 16.5. The zero-order valence-electron chi connectivity index (χ0n) is 14.8. The van der Waals surface area contributed by atoms with Gasteiger partial charge in [-0.1, -0.05) is 5.16 Å². The summed E-state index contributed by atoms with van der Waals surface area (Å²) < 4.78 is 9.89. The molecule has 1 saturated heterocycles. The van der Waals surface area contributed by atoms with Gasteiger partial charge in [-0.15, -0.1) is 0 Å². The van der Waals surface area contributed by atoms with E-state index >= 15 is 0 Å². The lowest BCUT2D eigenvalue weighted by atomic mass is 10.2. The van der Waals surface area contributed by atoms with Gasteiger partial charge in [-0.05, 0) is 26.0 Å². The number of hydrogen-bond acceptors (Lipinski definition) is 7. The number of nitrogens with one attached hydrogen (secondary N) is 1. The molecule has 2 amide bonds. The molecule has 26 heavy (non-hydrogen) atoms. The lowest BCUT2D eigenvalue weighted by Gasteiger charge is -2.35. The van der Waals surface area contributed by atoms with Crippen molar-refractivity contribution in [1.82, 2.24) is 15.0 Å². The van der Waals surface area contributed by atoms with E-state index in [1.165, 1.54) is 6.20 Å². The number of amides is 2. The highest BCUT2D eigenvalue weighted by Gasteiger charge is 2.22. The largest absolute Gasteiger partial charge is 0.462 e. The van der Waals surface area contributed by atoms with Crippen molar-refractivity contribution >= 4 is 23.6 Å². The van der Waals surface area contributed by atoms with Crippen LogP contribution in [0.4, 0.5) is 16.4 Å². The van der Waals surface area contributed by atoms with Gasteiger partial charge in [0, 0.05) is 38.4 Å². The average Bonchev–Trinajstić information content (AvgIpc) is 3.07. The van der Waals surface area contributed by atoms with Gasteiger partial charge in [0.1, 0.15) is 11.6 Å². The lowest BCUT2D eigenvalue weighted by Crippen LogP contribution is -2.50. The molecule has 1 aliphatic heterocycles. The van der Waals surface area contributed by atoms with Crippen LogP contribution in [0.3, 0.4) is 0 Å². The molecule has 0 spiro atoms. The quantitative estimate of drug-likeness (QED) is 0.832. The molecule has 2 aromatic heterocycles. The van der Waals surface area contributed by atoms with Crippen molar-refractivity contribution in [3.63, 3.8) is 0 Å². The molecule has 9 heteroatoms. The van der Waals surface area contributed by atoms with E-state index in [1.807, 2.05) is 0 Å². The molecule has 3 rings (SSSR count). The van der Waals surface area contributed by atoms with E-state index in [0.29, 0.717) is 49.9 Å². The third kappa shape index (κ3) is 4.11. The minimum absolute atomic E-state index is 0.205. The Kier molecular flexibility index (Phi) is 5.35. The summed E-state index contributed by atoms with van der Waals surface area (Å²) in [5, 5.41) is 6.47. The maximum Gasteiger partial charge on any atom is 0.339 e. The monoisotopic (exact) mass is 359 g/mol. The minimum atomic E-state index is -0.379. The van der Waals surface area contributed by atoms with Crippen LogP contribution >= 0.6 is 0 Å². The number of piperazine rings is 1. The minimum Gasteiger partial charge on any atom is -0.462 e. The Balaban J connectivity index is 1.53. The van der Waals surface area contributed by atoms with Crippen molar-refractivity contribution < 1.29 is 18.8 Å². The number of carbonyl (C=O) groups is 2. The summed E-state index contributed by atoms with van der Waals surface area (Å²) in [6.07, 6.45) is 1.51.